The number of aliphatic imine (C=N–C) groups is 1. The molecule has 1 fully saturated rings. The van der Waals surface area contributed by atoms with Crippen LogP contribution in [0.15, 0.2) is 59.1 Å². The number of carbonyl (C=O) groups is 1. The summed E-state index contributed by atoms with van der Waals surface area (Å²) in [5.74, 6) is 1.00. The molecule has 4 rings (SSSR count). The van der Waals surface area contributed by atoms with Gasteiger partial charge in [-0.25, -0.2) is 0 Å². The van der Waals surface area contributed by atoms with E-state index in [9.17, 15) is 9.90 Å². The molecule has 2 aliphatic rings. The van der Waals surface area contributed by atoms with Crippen molar-refractivity contribution < 1.29 is 14.6 Å². The lowest BCUT2D eigenvalue weighted by molar-refractivity contribution is -0.110. The Bertz CT molecular complexity index is 1150. The molecule has 1 atom stereocenters. The molecular formula is C30H39ClN4O3. The standard InChI is InChI=1S/C30H39ClN4O3/c1-20(2)19-38-28-9-6-24(31)16-23(28)17-32-29-15-21(3)14-27(34-29)30(37)33-25-7-4-22(5-8-25)18-35-12-10-26(36)11-13-35/h4-9,14,16,20,26,29,32,36H,10-13,15,17-19H2,1-3H3,(H,33,37). The number of benzene rings is 2. The average Bonchev–Trinajstić information content (AvgIpc) is 2.89. The van der Waals surface area contributed by atoms with Crippen LogP contribution in [-0.4, -0.2) is 53.6 Å². The highest BCUT2D eigenvalue weighted by Gasteiger charge is 2.20. The van der Waals surface area contributed by atoms with E-state index >= 15 is 0 Å². The van der Waals surface area contributed by atoms with Crippen molar-refractivity contribution in [3.63, 3.8) is 0 Å². The maximum absolute atomic E-state index is 13.0. The summed E-state index contributed by atoms with van der Waals surface area (Å²) in [5.41, 5.74) is 4.39. The molecule has 0 radical (unpaired) electrons. The van der Waals surface area contributed by atoms with Crippen molar-refractivity contribution in [1.29, 1.82) is 0 Å². The van der Waals surface area contributed by atoms with Crippen LogP contribution >= 0.6 is 11.6 Å². The first-order valence-electron chi connectivity index (χ1n) is 13.5. The fourth-order valence-corrected chi connectivity index (χ4v) is 4.82. The van der Waals surface area contributed by atoms with Crippen LogP contribution in [0.25, 0.3) is 0 Å². The van der Waals surface area contributed by atoms with Crippen LogP contribution in [0, 0.1) is 5.92 Å². The Morgan fingerprint density at radius 2 is 1.92 bits per heavy atom. The largest absolute Gasteiger partial charge is 0.493 e. The number of piperidine rings is 1. The number of rotatable bonds is 10. The summed E-state index contributed by atoms with van der Waals surface area (Å²) in [5, 5.41) is 16.8. The van der Waals surface area contributed by atoms with E-state index in [-0.39, 0.29) is 18.2 Å². The Kier molecular flexibility index (Phi) is 9.97. The molecule has 3 N–H and O–H groups in total. The summed E-state index contributed by atoms with van der Waals surface area (Å²) in [4.78, 5) is 20.1. The van der Waals surface area contributed by atoms with Crippen molar-refractivity contribution in [1.82, 2.24) is 10.2 Å². The predicted molar refractivity (Wildman–Crippen MR) is 154 cm³/mol. The predicted octanol–water partition coefficient (Wildman–Crippen LogP) is 5.18. The van der Waals surface area contributed by atoms with Crippen molar-refractivity contribution in [2.75, 3.05) is 25.0 Å². The van der Waals surface area contributed by atoms with Crippen molar-refractivity contribution in [3.05, 3.63) is 70.3 Å². The molecule has 1 saturated heterocycles. The zero-order valence-corrected chi connectivity index (χ0v) is 23.3. The number of ether oxygens (including phenoxy) is 1. The zero-order chi connectivity index (χ0) is 27.1. The van der Waals surface area contributed by atoms with Gasteiger partial charge < -0.3 is 15.2 Å². The first kappa shape index (κ1) is 28.3. The van der Waals surface area contributed by atoms with Crippen LogP contribution in [0.2, 0.25) is 5.02 Å². The number of hydrogen-bond acceptors (Lipinski definition) is 6. The normalized spacial score (nSPS) is 18.7. The van der Waals surface area contributed by atoms with E-state index in [1.165, 1.54) is 5.56 Å². The van der Waals surface area contributed by atoms with Crippen molar-refractivity contribution in [2.24, 2.45) is 10.9 Å². The van der Waals surface area contributed by atoms with E-state index in [1.54, 1.807) is 0 Å². The van der Waals surface area contributed by atoms with Gasteiger partial charge in [-0.2, -0.15) is 0 Å². The summed E-state index contributed by atoms with van der Waals surface area (Å²) in [7, 11) is 0. The quantitative estimate of drug-likeness (QED) is 0.388. The Balaban J connectivity index is 1.34. The monoisotopic (exact) mass is 538 g/mol. The second-order valence-electron chi connectivity index (χ2n) is 10.7. The number of dihydropyridines is 1. The highest BCUT2D eigenvalue weighted by atomic mass is 35.5. The molecule has 0 saturated carbocycles. The Morgan fingerprint density at radius 1 is 1.18 bits per heavy atom. The van der Waals surface area contributed by atoms with Crippen LogP contribution in [0.1, 0.15) is 51.2 Å². The van der Waals surface area contributed by atoms with E-state index in [1.807, 2.05) is 55.5 Å². The van der Waals surface area contributed by atoms with Crippen molar-refractivity contribution in [3.8, 4) is 5.75 Å². The van der Waals surface area contributed by atoms with Crippen molar-refractivity contribution in [2.45, 2.75) is 65.4 Å². The molecule has 0 aromatic heterocycles. The number of amides is 1. The number of aliphatic hydroxyl groups is 1. The van der Waals surface area contributed by atoms with E-state index in [4.69, 9.17) is 16.3 Å². The minimum Gasteiger partial charge on any atom is -0.493 e. The fourth-order valence-electron chi connectivity index (χ4n) is 4.63. The molecule has 0 aliphatic carbocycles. The van der Waals surface area contributed by atoms with Gasteiger partial charge in [-0.1, -0.05) is 43.2 Å². The maximum atomic E-state index is 13.0. The number of nitrogens with one attached hydrogen (secondary N) is 2. The van der Waals surface area contributed by atoms with E-state index in [2.05, 4.69) is 34.4 Å². The second kappa shape index (κ2) is 13.4. The number of nitrogens with zero attached hydrogens (tertiary/aromatic N) is 2. The van der Waals surface area contributed by atoms with Crippen molar-refractivity contribution >= 4 is 28.9 Å². The van der Waals surface area contributed by atoms with E-state index < -0.39 is 0 Å². The highest BCUT2D eigenvalue weighted by molar-refractivity contribution is 6.47. The molecule has 0 bridgehead atoms. The first-order valence-corrected chi connectivity index (χ1v) is 13.8. The Hall–Kier alpha value is -2.71. The summed E-state index contributed by atoms with van der Waals surface area (Å²) < 4.78 is 5.97. The third-order valence-corrected chi connectivity index (χ3v) is 6.96. The maximum Gasteiger partial charge on any atom is 0.273 e. The molecule has 8 heteroatoms. The smallest absolute Gasteiger partial charge is 0.273 e. The van der Waals surface area contributed by atoms with Gasteiger partial charge in [0, 0.05) is 48.9 Å². The Morgan fingerprint density at radius 3 is 2.63 bits per heavy atom. The molecule has 1 amide bonds. The summed E-state index contributed by atoms with van der Waals surface area (Å²) in [6.07, 6.45) is 3.83. The van der Waals surface area contributed by atoms with Crippen LogP contribution in [0.4, 0.5) is 5.69 Å². The number of halogens is 1. The van der Waals surface area contributed by atoms with E-state index in [0.29, 0.717) is 29.8 Å². The molecule has 2 aromatic rings. The lowest BCUT2D eigenvalue weighted by Gasteiger charge is -2.29. The number of carbonyl (C=O) groups excluding carboxylic acids is 1. The molecule has 0 spiro atoms. The molecular weight excluding hydrogens is 500 g/mol. The number of aliphatic hydroxyl groups excluding tert-OH is 1. The minimum atomic E-state index is -0.225. The molecule has 2 aliphatic heterocycles. The number of likely N-dealkylation sites (tertiary alicyclic amines) is 1. The SMILES string of the molecule is CC1=CC(C(=O)Nc2ccc(CN3CCC(O)CC3)cc2)=NC(NCc2cc(Cl)ccc2OCC(C)C)C1. The molecule has 2 heterocycles. The van der Waals surface area contributed by atoms with Gasteiger partial charge in [0.1, 0.15) is 17.6 Å². The topological polar surface area (TPSA) is 86.2 Å². The van der Waals surface area contributed by atoms with Gasteiger partial charge in [-0.15, -0.1) is 0 Å². The van der Waals surface area contributed by atoms with Gasteiger partial charge in [0.25, 0.3) is 5.91 Å². The minimum absolute atomic E-state index is 0.169. The molecule has 204 valence electrons. The molecule has 38 heavy (non-hydrogen) atoms. The molecule has 2 aromatic carbocycles. The molecule has 1 unspecified atom stereocenters. The van der Waals surface area contributed by atoms with Crippen LogP contribution in [0.5, 0.6) is 5.75 Å². The number of anilines is 1. The Labute approximate surface area is 230 Å². The third kappa shape index (κ3) is 8.40. The van der Waals surface area contributed by atoms with Gasteiger partial charge in [0.2, 0.25) is 0 Å². The van der Waals surface area contributed by atoms with E-state index in [0.717, 1.165) is 61.5 Å². The van der Waals surface area contributed by atoms with Crippen LogP contribution in [-0.2, 0) is 17.9 Å². The van der Waals surface area contributed by atoms with Gasteiger partial charge in [0.05, 0.1) is 12.7 Å². The molecule has 7 nitrogen and oxygen atoms in total. The average molecular weight is 539 g/mol. The van der Waals surface area contributed by atoms with Gasteiger partial charge in [-0.05, 0) is 67.7 Å². The lowest BCUT2D eigenvalue weighted by atomic mass is 10.1. The summed E-state index contributed by atoms with van der Waals surface area (Å²) in [6, 6.07) is 13.6. The fraction of sp³-hybridized carbons (Fsp3) is 0.467. The third-order valence-electron chi connectivity index (χ3n) is 6.72. The number of hydrogen-bond donors (Lipinski definition) is 3. The van der Waals surface area contributed by atoms with Crippen LogP contribution in [0.3, 0.4) is 0 Å². The van der Waals surface area contributed by atoms with Gasteiger partial charge >= 0.3 is 0 Å². The summed E-state index contributed by atoms with van der Waals surface area (Å²) >= 11 is 6.25. The second-order valence-corrected chi connectivity index (χ2v) is 11.2. The summed E-state index contributed by atoms with van der Waals surface area (Å²) in [6.45, 7) is 10.1. The zero-order valence-electron chi connectivity index (χ0n) is 22.5. The van der Waals surface area contributed by atoms with Gasteiger partial charge in [0.15, 0.2) is 0 Å². The van der Waals surface area contributed by atoms with Gasteiger partial charge in [-0.3, -0.25) is 20.0 Å². The lowest BCUT2D eigenvalue weighted by Crippen LogP contribution is -2.35. The first-order chi connectivity index (χ1) is 18.2. The highest BCUT2D eigenvalue weighted by Crippen LogP contribution is 2.24. The van der Waals surface area contributed by atoms with Crippen LogP contribution < -0.4 is 15.4 Å².